The normalized spacial score (nSPS) is 41.6. The molecule has 21 heavy (non-hydrogen) atoms. The lowest BCUT2D eigenvalue weighted by molar-refractivity contribution is -0.129. The molecule has 0 unspecified atom stereocenters. The predicted molar refractivity (Wildman–Crippen MR) is 83.6 cm³/mol. The molecule has 1 amide bonds. The summed E-state index contributed by atoms with van der Waals surface area (Å²) in [5.41, 5.74) is 0.165. The van der Waals surface area contributed by atoms with E-state index in [-0.39, 0.29) is 23.9 Å². The minimum Gasteiger partial charge on any atom is -0.379 e. The fourth-order valence-corrected chi connectivity index (χ4v) is 5.56. The second-order valence-electron chi connectivity index (χ2n) is 7.63. The van der Waals surface area contributed by atoms with Gasteiger partial charge in [0, 0.05) is 18.6 Å². The van der Waals surface area contributed by atoms with E-state index in [0.717, 1.165) is 44.1 Å². The number of morpholine rings is 1. The van der Waals surface area contributed by atoms with Crippen LogP contribution >= 0.6 is 12.4 Å². The standard InChI is InChI=1S/C16H26N2O2.ClH/c19-15(11-18-1-3-20-4-2-18)17-16-8-12-5-13(9-16)7-14(6-12)10-16;/h12-14H,1-11H2,(H,17,19);1H. The van der Waals surface area contributed by atoms with E-state index in [9.17, 15) is 4.79 Å². The van der Waals surface area contributed by atoms with E-state index < -0.39 is 0 Å². The highest BCUT2D eigenvalue weighted by atomic mass is 35.5. The second-order valence-corrected chi connectivity index (χ2v) is 7.63. The number of ether oxygens (including phenoxy) is 1. The maximum atomic E-state index is 12.4. The van der Waals surface area contributed by atoms with E-state index in [0.29, 0.717) is 6.54 Å². The van der Waals surface area contributed by atoms with Crippen molar-refractivity contribution >= 4 is 18.3 Å². The number of amides is 1. The predicted octanol–water partition coefficient (Wildman–Crippen LogP) is 1.83. The summed E-state index contributed by atoms with van der Waals surface area (Å²) >= 11 is 0. The van der Waals surface area contributed by atoms with Gasteiger partial charge in [-0.25, -0.2) is 0 Å². The van der Waals surface area contributed by atoms with Gasteiger partial charge < -0.3 is 10.1 Å². The van der Waals surface area contributed by atoms with E-state index in [1.54, 1.807) is 0 Å². The van der Waals surface area contributed by atoms with Crippen LogP contribution in [-0.2, 0) is 9.53 Å². The van der Waals surface area contributed by atoms with E-state index in [2.05, 4.69) is 10.2 Å². The van der Waals surface area contributed by atoms with Crippen LogP contribution in [0.2, 0.25) is 0 Å². The van der Waals surface area contributed by atoms with Gasteiger partial charge in [0.05, 0.1) is 19.8 Å². The molecule has 4 saturated carbocycles. The topological polar surface area (TPSA) is 41.6 Å². The van der Waals surface area contributed by atoms with Crippen molar-refractivity contribution in [2.75, 3.05) is 32.8 Å². The smallest absolute Gasteiger partial charge is 0.234 e. The Morgan fingerprint density at radius 1 is 1.05 bits per heavy atom. The lowest BCUT2D eigenvalue weighted by atomic mass is 9.53. The maximum absolute atomic E-state index is 12.4. The van der Waals surface area contributed by atoms with Crippen LogP contribution in [0.3, 0.4) is 0 Å². The number of rotatable bonds is 3. The molecule has 4 aliphatic carbocycles. The number of hydrogen-bond donors (Lipinski definition) is 1. The molecule has 1 heterocycles. The third-order valence-electron chi connectivity index (χ3n) is 5.91. The summed E-state index contributed by atoms with van der Waals surface area (Å²) in [5.74, 6) is 2.92. The van der Waals surface area contributed by atoms with Crippen molar-refractivity contribution in [1.82, 2.24) is 10.2 Å². The van der Waals surface area contributed by atoms with Crippen molar-refractivity contribution in [1.29, 1.82) is 0 Å². The average molecular weight is 315 g/mol. The summed E-state index contributed by atoms with van der Waals surface area (Å²) in [6.45, 7) is 3.89. The van der Waals surface area contributed by atoms with Crippen LogP contribution in [0.4, 0.5) is 0 Å². The van der Waals surface area contributed by atoms with Crippen LogP contribution in [0.5, 0.6) is 0 Å². The number of nitrogens with zero attached hydrogens (tertiary/aromatic N) is 1. The van der Waals surface area contributed by atoms with E-state index in [1.165, 1.54) is 38.5 Å². The largest absolute Gasteiger partial charge is 0.379 e. The van der Waals surface area contributed by atoms with Crippen LogP contribution in [-0.4, -0.2) is 49.2 Å². The molecule has 1 saturated heterocycles. The molecule has 4 nitrogen and oxygen atoms in total. The van der Waals surface area contributed by atoms with Gasteiger partial charge in [-0.2, -0.15) is 0 Å². The van der Waals surface area contributed by atoms with Gasteiger partial charge >= 0.3 is 0 Å². The summed E-state index contributed by atoms with van der Waals surface area (Å²) in [4.78, 5) is 14.6. The molecule has 4 bridgehead atoms. The van der Waals surface area contributed by atoms with Gasteiger partial charge in [-0.3, -0.25) is 9.69 Å². The van der Waals surface area contributed by atoms with Crippen LogP contribution in [0.15, 0.2) is 0 Å². The summed E-state index contributed by atoms with van der Waals surface area (Å²) < 4.78 is 5.34. The highest BCUT2D eigenvalue weighted by Gasteiger charge is 2.51. The Morgan fingerprint density at radius 2 is 1.57 bits per heavy atom. The van der Waals surface area contributed by atoms with Crippen LogP contribution < -0.4 is 5.32 Å². The number of carbonyl (C=O) groups excluding carboxylic acids is 1. The van der Waals surface area contributed by atoms with Gasteiger partial charge in [0.2, 0.25) is 5.91 Å². The second kappa shape index (κ2) is 6.05. The highest BCUT2D eigenvalue weighted by Crippen LogP contribution is 2.55. The molecule has 0 aromatic carbocycles. The lowest BCUT2D eigenvalue weighted by Gasteiger charge is -2.57. The average Bonchev–Trinajstić information content (AvgIpc) is 2.37. The number of nitrogens with one attached hydrogen (secondary N) is 1. The number of carbonyl (C=O) groups is 1. The fraction of sp³-hybridized carbons (Fsp3) is 0.938. The summed E-state index contributed by atoms with van der Waals surface area (Å²) in [6.07, 6.45) is 8.02. The molecule has 0 aromatic heterocycles. The molecule has 0 radical (unpaired) electrons. The molecule has 0 atom stereocenters. The zero-order valence-corrected chi connectivity index (χ0v) is 13.5. The van der Waals surface area contributed by atoms with E-state index in [4.69, 9.17) is 4.74 Å². The number of halogens is 1. The first-order chi connectivity index (χ1) is 9.71. The van der Waals surface area contributed by atoms with Gasteiger partial charge in [-0.05, 0) is 56.3 Å². The minimum atomic E-state index is 0. The summed E-state index contributed by atoms with van der Waals surface area (Å²) in [5, 5.41) is 3.45. The third kappa shape index (κ3) is 3.22. The fourth-order valence-electron chi connectivity index (χ4n) is 5.56. The first-order valence-electron chi connectivity index (χ1n) is 8.32. The molecule has 120 valence electrons. The Balaban J connectivity index is 0.00000132. The number of hydrogen-bond acceptors (Lipinski definition) is 3. The molecule has 5 aliphatic rings. The molecule has 1 N–H and O–H groups in total. The molecular formula is C16H27ClN2O2. The monoisotopic (exact) mass is 314 g/mol. The van der Waals surface area contributed by atoms with Gasteiger partial charge in [0.25, 0.3) is 0 Å². The minimum absolute atomic E-state index is 0. The molecular weight excluding hydrogens is 288 g/mol. The Morgan fingerprint density at radius 3 is 2.10 bits per heavy atom. The summed E-state index contributed by atoms with van der Waals surface area (Å²) in [6, 6.07) is 0. The van der Waals surface area contributed by atoms with E-state index in [1.807, 2.05) is 0 Å². The molecule has 0 spiro atoms. The van der Waals surface area contributed by atoms with Crippen molar-refractivity contribution in [3.8, 4) is 0 Å². The summed E-state index contributed by atoms with van der Waals surface area (Å²) in [7, 11) is 0. The maximum Gasteiger partial charge on any atom is 0.234 e. The van der Waals surface area contributed by atoms with Crippen molar-refractivity contribution in [2.45, 2.75) is 44.1 Å². The Bertz CT molecular complexity index is 360. The first kappa shape index (κ1) is 15.6. The van der Waals surface area contributed by atoms with Crippen LogP contribution in [0.1, 0.15) is 38.5 Å². The van der Waals surface area contributed by atoms with Crippen molar-refractivity contribution in [3.63, 3.8) is 0 Å². The molecule has 5 rings (SSSR count). The molecule has 5 fully saturated rings. The molecule has 1 aliphatic heterocycles. The van der Waals surface area contributed by atoms with Gasteiger partial charge in [-0.15, -0.1) is 12.4 Å². The van der Waals surface area contributed by atoms with E-state index >= 15 is 0 Å². The van der Waals surface area contributed by atoms with Gasteiger partial charge in [0.15, 0.2) is 0 Å². The lowest BCUT2D eigenvalue weighted by Crippen LogP contribution is -2.61. The first-order valence-corrected chi connectivity index (χ1v) is 8.32. The van der Waals surface area contributed by atoms with Crippen molar-refractivity contribution in [2.24, 2.45) is 17.8 Å². The SMILES string of the molecule is Cl.O=C(CN1CCOCC1)NC12CC3CC(CC(C3)C1)C2. The molecule has 0 aromatic rings. The van der Waals surface area contributed by atoms with Gasteiger partial charge in [0.1, 0.15) is 0 Å². The highest BCUT2D eigenvalue weighted by molar-refractivity contribution is 5.85. The van der Waals surface area contributed by atoms with Crippen LogP contribution in [0, 0.1) is 17.8 Å². The Kier molecular flexibility index (Phi) is 4.49. The van der Waals surface area contributed by atoms with Crippen molar-refractivity contribution in [3.05, 3.63) is 0 Å². The van der Waals surface area contributed by atoms with Crippen molar-refractivity contribution < 1.29 is 9.53 Å². The van der Waals surface area contributed by atoms with Crippen LogP contribution in [0.25, 0.3) is 0 Å². The zero-order chi connectivity index (χ0) is 13.6. The quantitative estimate of drug-likeness (QED) is 0.864. The zero-order valence-electron chi connectivity index (χ0n) is 12.7. The van der Waals surface area contributed by atoms with Gasteiger partial charge in [-0.1, -0.05) is 0 Å². The molecule has 5 heteroatoms. The Hall–Kier alpha value is -0.320. The third-order valence-corrected chi connectivity index (χ3v) is 5.91. The Labute approximate surface area is 133 Å².